The maximum atomic E-state index is 12.7. The van der Waals surface area contributed by atoms with Crippen LogP contribution in [0.15, 0.2) is 42.0 Å². The molecular weight excluding hydrogens is 319 g/mol. The molecule has 0 aromatic heterocycles. The quantitative estimate of drug-likeness (QED) is 0.367. The van der Waals surface area contributed by atoms with E-state index < -0.39 is 28.3 Å². The molecule has 1 aliphatic rings. The van der Waals surface area contributed by atoms with Crippen LogP contribution in [0.25, 0.3) is 0 Å². The fourth-order valence-electron chi connectivity index (χ4n) is 2.10. The maximum Gasteiger partial charge on any atom is 0.416 e. The third-order valence-corrected chi connectivity index (χ3v) is 3.65. The molecule has 0 saturated heterocycles. The smallest absolute Gasteiger partial charge is 0.298 e. The minimum Gasteiger partial charge on any atom is -0.298 e. The van der Waals surface area contributed by atoms with E-state index in [0.29, 0.717) is 12.4 Å². The molecule has 0 bridgehead atoms. The highest BCUT2D eigenvalue weighted by atomic mass is 32.1. The lowest BCUT2D eigenvalue weighted by atomic mass is 9.87. The van der Waals surface area contributed by atoms with Gasteiger partial charge in [0.2, 0.25) is 0 Å². The Kier molecular flexibility index (Phi) is 4.23. The lowest BCUT2D eigenvalue weighted by Crippen LogP contribution is -2.16. The predicted molar refractivity (Wildman–Crippen MR) is 76.7 cm³/mol. The first-order valence-corrected chi connectivity index (χ1v) is 6.40. The fraction of sp³-hybridized carbons (Fsp3) is 0.143. The number of aldehydes is 1. The molecule has 2 rings (SSSR count). The average molecular weight is 327 g/mol. The van der Waals surface area contributed by atoms with Crippen LogP contribution >= 0.6 is 12.2 Å². The van der Waals surface area contributed by atoms with Gasteiger partial charge in [0.15, 0.2) is 6.29 Å². The molecule has 0 heterocycles. The Labute approximate surface area is 128 Å². The van der Waals surface area contributed by atoms with Gasteiger partial charge in [0.05, 0.1) is 10.5 Å². The van der Waals surface area contributed by atoms with E-state index in [1.807, 2.05) is 0 Å². The van der Waals surface area contributed by atoms with Crippen LogP contribution in [0.3, 0.4) is 0 Å². The number of nitro groups is 1. The molecule has 22 heavy (non-hydrogen) atoms. The summed E-state index contributed by atoms with van der Waals surface area (Å²) in [6, 6.07) is 2.26. The van der Waals surface area contributed by atoms with Crippen LogP contribution in [0.2, 0.25) is 0 Å². The Balaban J connectivity index is 2.55. The molecule has 1 aliphatic carbocycles. The van der Waals surface area contributed by atoms with Crippen molar-refractivity contribution >= 4 is 29.1 Å². The van der Waals surface area contributed by atoms with E-state index in [1.165, 1.54) is 18.2 Å². The van der Waals surface area contributed by atoms with Gasteiger partial charge < -0.3 is 0 Å². The van der Waals surface area contributed by atoms with Crippen LogP contribution in [-0.2, 0) is 11.0 Å². The number of hydrogen-bond acceptors (Lipinski definition) is 4. The van der Waals surface area contributed by atoms with Crippen molar-refractivity contribution in [3.8, 4) is 0 Å². The van der Waals surface area contributed by atoms with E-state index in [4.69, 9.17) is 12.2 Å². The maximum absolute atomic E-state index is 12.7. The van der Waals surface area contributed by atoms with Crippen molar-refractivity contribution < 1.29 is 22.9 Å². The Morgan fingerprint density at radius 3 is 2.55 bits per heavy atom. The van der Waals surface area contributed by atoms with Crippen molar-refractivity contribution in [2.45, 2.75) is 12.1 Å². The monoisotopic (exact) mass is 327 g/mol. The lowest BCUT2D eigenvalue weighted by Gasteiger charge is -2.18. The number of rotatable bonds is 3. The summed E-state index contributed by atoms with van der Waals surface area (Å²) < 4.78 is 38.0. The van der Waals surface area contributed by atoms with E-state index in [2.05, 4.69) is 0 Å². The second-order valence-corrected chi connectivity index (χ2v) is 4.93. The Morgan fingerprint density at radius 2 is 2.00 bits per heavy atom. The summed E-state index contributed by atoms with van der Waals surface area (Å²) in [7, 11) is 0. The molecule has 8 heteroatoms. The molecule has 1 aromatic rings. The molecule has 1 aromatic carbocycles. The first-order chi connectivity index (χ1) is 10.3. The lowest BCUT2D eigenvalue weighted by molar-refractivity contribution is -0.385. The molecule has 0 fully saturated rings. The number of halogens is 3. The molecule has 0 amide bonds. The van der Waals surface area contributed by atoms with E-state index in [9.17, 15) is 28.1 Å². The summed E-state index contributed by atoms with van der Waals surface area (Å²) in [5.41, 5.74) is -1.60. The van der Waals surface area contributed by atoms with Crippen molar-refractivity contribution in [2.24, 2.45) is 0 Å². The summed E-state index contributed by atoms with van der Waals surface area (Å²) in [4.78, 5) is 21.2. The van der Waals surface area contributed by atoms with Crippen LogP contribution in [0.4, 0.5) is 18.9 Å². The number of carbonyl (C=O) groups is 1. The topological polar surface area (TPSA) is 60.2 Å². The first kappa shape index (κ1) is 16.0. The third kappa shape index (κ3) is 2.96. The Morgan fingerprint density at radius 1 is 1.32 bits per heavy atom. The van der Waals surface area contributed by atoms with Crippen molar-refractivity contribution in [1.29, 1.82) is 0 Å². The van der Waals surface area contributed by atoms with Gasteiger partial charge >= 0.3 is 6.18 Å². The predicted octanol–water partition coefficient (Wildman–Crippen LogP) is 3.76. The van der Waals surface area contributed by atoms with Gasteiger partial charge in [-0.05, 0) is 6.07 Å². The van der Waals surface area contributed by atoms with Crippen molar-refractivity contribution in [2.75, 3.05) is 0 Å². The summed E-state index contributed by atoms with van der Waals surface area (Å²) >= 11 is 5.09. The van der Waals surface area contributed by atoms with Gasteiger partial charge in [-0.15, -0.1) is 0 Å². The molecule has 4 nitrogen and oxygen atoms in total. The second kappa shape index (κ2) is 5.80. The first-order valence-electron chi connectivity index (χ1n) is 5.99. The normalized spacial score (nSPS) is 18.0. The van der Waals surface area contributed by atoms with Crippen LogP contribution in [0.1, 0.15) is 17.0 Å². The summed E-state index contributed by atoms with van der Waals surface area (Å²) in [6.45, 7) is 0. The fourth-order valence-corrected chi connectivity index (χ4v) is 2.42. The van der Waals surface area contributed by atoms with Gasteiger partial charge in [-0.2, -0.15) is 13.2 Å². The third-order valence-electron chi connectivity index (χ3n) is 3.16. The van der Waals surface area contributed by atoms with E-state index in [-0.39, 0.29) is 16.0 Å². The van der Waals surface area contributed by atoms with Gasteiger partial charge in [0, 0.05) is 28.0 Å². The van der Waals surface area contributed by atoms with Crippen molar-refractivity contribution in [1.82, 2.24) is 0 Å². The number of thiocarbonyl (C=S) groups is 1. The van der Waals surface area contributed by atoms with Gasteiger partial charge in [0.1, 0.15) is 0 Å². The minimum atomic E-state index is -4.68. The number of nitro benzene ring substituents is 1. The number of nitrogens with zero attached hydrogens (tertiary/aromatic N) is 1. The summed E-state index contributed by atoms with van der Waals surface area (Å²) in [6.07, 6.45) is 0.271. The largest absolute Gasteiger partial charge is 0.416 e. The van der Waals surface area contributed by atoms with Crippen LogP contribution in [0, 0.1) is 10.1 Å². The number of hydrogen-bond donors (Lipinski definition) is 0. The standard InChI is InChI=1S/C14H8F3NO3S/c15-14(16,17)9-4-5-10(12(6-9)18(20)21)11-3-1-2-8(7-19)13(11)22/h1-7,11H. The molecule has 0 saturated carbocycles. The number of carbonyl (C=O) groups excluding carboxylic acids is 1. The number of benzene rings is 1. The zero-order valence-electron chi connectivity index (χ0n) is 10.8. The van der Waals surface area contributed by atoms with Crippen molar-refractivity contribution in [3.63, 3.8) is 0 Å². The molecule has 1 atom stereocenters. The van der Waals surface area contributed by atoms with Crippen molar-refractivity contribution in [3.05, 3.63) is 63.2 Å². The summed E-state index contributed by atoms with van der Waals surface area (Å²) in [5, 5.41) is 11.1. The molecular formula is C14H8F3NO3S. The molecule has 1 unspecified atom stereocenters. The van der Waals surface area contributed by atoms with E-state index >= 15 is 0 Å². The Hall–Kier alpha value is -2.35. The molecule has 0 spiro atoms. The molecule has 0 radical (unpaired) electrons. The molecule has 114 valence electrons. The van der Waals surface area contributed by atoms with Crippen LogP contribution in [-0.4, -0.2) is 16.1 Å². The number of alkyl halides is 3. The molecule has 0 N–H and O–H groups in total. The zero-order chi connectivity index (χ0) is 16.5. The minimum absolute atomic E-state index is 0.0201. The van der Waals surface area contributed by atoms with E-state index in [1.54, 1.807) is 0 Å². The van der Waals surface area contributed by atoms with Crippen LogP contribution in [0.5, 0.6) is 0 Å². The summed E-state index contributed by atoms with van der Waals surface area (Å²) in [5.74, 6) is -0.789. The SMILES string of the molecule is O=CC1=CC=CC(c2ccc(C(F)(F)F)cc2[N+](=O)[O-])C1=S. The highest BCUT2D eigenvalue weighted by Crippen LogP contribution is 2.37. The average Bonchev–Trinajstić information content (AvgIpc) is 2.46. The van der Waals surface area contributed by atoms with E-state index in [0.717, 1.165) is 12.1 Å². The molecule has 0 aliphatic heterocycles. The van der Waals surface area contributed by atoms with Gasteiger partial charge in [-0.3, -0.25) is 14.9 Å². The second-order valence-electron chi connectivity index (χ2n) is 4.50. The highest BCUT2D eigenvalue weighted by Gasteiger charge is 2.34. The van der Waals surface area contributed by atoms with Gasteiger partial charge in [0.25, 0.3) is 5.69 Å². The number of allylic oxidation sites excluding steroid dienone is 4. The van der Waals surface area contributed by atoms with Gasteiger partial charge in [-0.25, -0.2) is 0 Å². The zero-order valence-corrected chi connectivity index (χ0v) is 11.6. The van der Waals surface area contributed by atoms with Gasteiger partial charge in [-0.1, -0.05) is 36.5 Å². The highest BCUT2D eigenvalue weighted by molar-refractivity contribution is 7.81. The van der Waals surface area contributed by atoms with Crippen LogP contribution < -0.4 is 0 Å². The Bertz CT molecular complexity index is 723.